The summed E-state index contributed by atoms with van der Waals surface area (Å²) in [5, 5.41) is 8.78. The van der Waals surface area contributed by atoms with Crippen LogP contribution in [0, 0.1) is 0 Å². The lowest BCUT2D eigenvalue weighted by Gasteiger charge is -2.36. The predicted octanol–water partition coefficient (Wildman–Crippen LogP) is 2.37. The molecule has 0 bridgehead atoms. The number of hydrogen-bond acceptors (Lipinski definition) is 3. The first-order chi connectivity index (χ1) is 7.58. The van der Waals surface area contributed by atoms with Crippen LogP contribution in [-0.4, -0.2) is 32.0 Å². The average molecular weight is 259 g/mol. The van der Waals surface area contributed by atoms with Gasteiger partial charge in [-0.25, -0.2) is 0 Å². The molecule has 0 amide bonds. The van der Waals surface area contributed by atoms with Crippen molar-refractivity contribution in [2.75, 3.05) is 6.61 Å². The SMILES string of the molecule is CC(C)(C)[Si](C)(C)OCC/C=C/C(N)C(=O)O. The lowest BCUT2D eigenvalue weighted by Crippen LogP contribution is -2.40. The minimum Gasteiger partial charge on any atom is -0.480 e. The van der Waals surface area contributed by atoms with Crippen LogP contribution in [0.4, 0.5) is 0 Å². The molecule has 0 aliphatic rings. The van der Waals surface area contributed by atoms with E-state index in [2.05, 4.69) is 33.9 Å². The summed E-state index contributed by atoms with van der Waals surface area (Å²) in [6.07, 6.45) is 3.97. The predicted molar refractivity (Wildman–Crippen MR) is 72.5 cm³/mol. The summed E-state index contributed by atoms with van der Waals surface area (Å²) in [4.78, 5) is 10.5. The molecule has 0 aromatic heterocycles. The number of hydrogen-bond donors (Lipinski definition) is 2. The molecule has 0 aliphatic carbocycles. The first-order valence-corrected chi connectivity index (χ1v) is 8.78. The molecule has 0 saturated carbocycles. The lowest BCUT2D eigenvalue weighted by atomic mass is 10.2. The van der Waals surface area contributed by atoms with E-state index < -0.39 is 20.3 Å². The van der Waals surface area contributed by atoms with Gasteiger partial charge in [0.1, 0.15) is 6.04 Å². The monoisotopic (exact) mass is 259 g/mol. The van der Waals surface area contributed by atoms with Gasteiger partial charge in [-0.05, 0) is 24.6 Å². The van der Waals surface area contributed by atoms with Gasteiger partial charge in [-0.3, -0.25) is 4.79 Å². The summed E-state index contributed by atoms with van der Waals surface area (Å²) in [5.74, 6) is -1.01. The van der Waals surface area contributed by atoms with Crippen LogP contribution in [-0.2, 0) is 9.22 Å². The van der Waals surface area contributed by atoms with Gasteiger partial charge < -0.3 is 15.3 Å². The minimum absolute atomic E-state index is 0.203. The van der Waals surface area contributed by atoms with Crippen molar-refractivity contribution >= 4 is 14.3 Å². The first kappa shape index (κ1) is 16.3. The maximum Gasteiger partial charge on any atom is 0.324 e. The smallest absolute Gasteiger partial charge is 0.324 e. The third kappa shape index (κ3) is 6.00. The highest BCUT2D eigenvalue weighted by atomic mass is 28.4. The fourth-order valence-electron chi connectivity index (χ4n) is 0.924. The van der Waals surface area contributed by atoms with E-state index >= 15 is 0 Å². The largest absolute Gasteiger partial charge is 0.480 e. The Balaban J connectivity index is 3.98. The van der Waals surface area contributed by atoms with E-state index in [-0.39, 0.29) is 5.04 Å². The van der Waals surface area contributed by atoms with Gasteiger partial charge in [0.2, 0.25) is 0 Å². The highest BCUT2D eigenvalue weighted by molar-refractivity contribution is 6.74. The Morgan fingerprint density at radius 1 is 1.47 bits per heavy atom. The summed E-state index contributed by atoms with van der Waals surface area (Å²) in [6.45, 7) is 11.6. The second kappa shape index (κ2) is 6.33. The van der Waals surface area contributed by atoms with E-state index in [0.717, 1.165) is 0 Å². The van der Waals surface area contributed by atoms with Crippen LogP contribution in [0.25, 0.3) is 0 Å². The van der Waals surface area contributed by atoms with E-state index in [9.17, 15) is 4.79 Å². The number of carboxylic acid groups (broad SMARTS) is 1. The number of nitrogens with two attached hydrogens (primary N) is 1. The van der Waals surface area contributed by atoms with Gasteiger partial charge in [-0.1, -0.05) is 32.9 Å². The van der Waals surface area contributed by atoms with Crippen molar-refractivity contribution in [3.8, 4) is 0 Å². The summed E-state index contributed by atoms with van der Waals surface area (Å²) in [7, 11) is -1.69. The molecule has 0 fully saturated rings. The molecule has 1 unspecified atom stereocenters. The third-order valence-corrected chi connectivity index (χ3v) is 7.72. The Hall–Kier alpha value is -0.653. The molecular weight excluding hydrogens is 234 g/mol. The van der Waals surface area contributed by atoms with E-state index in [1.54, 1.807) is 6.08 Å². The Morgan fingerprint density at radius 2 is 2.00 bits per heavy atom. The fraction of sp³-hybridized carbons (Fsp3) is 0.750. The van der Waals surface area contributed by atoms with Crippen LogP contribution in [0.3, 0.4) is 0 Å². The van der Waals surface area contributed by atoms with E-state index in [0.29, 0.717) is 13.0 Å². The maximum absolute atomic E-state index is 10.5. The summed E-state index contributed by atoms with van der Waals surface area (Å²) in [5.41, 5.74) is 5.34. The molecule has 1 atom stereocenters. The molecule has 0 heterocycles. The zero-order valence-corrected chi connectivity index (χ0v) is 12.5. The molecular formula is C12H25NO3Si. The van der Waals surface area contributed by atoms with Crippen molar-refractivity contribution in [1.82, 2.24) is 0 Å². The zero-order valence-electron chi connectivity index (χ0n) is 11.5. The third-order valence-electron chi connectivity index (χ3n) is 3.18. The average Bonchev–Trinajstić information content (AvgIpc) is 2.14. The molecule has 0 aromatic rings. The second-order valence-electron chi connectivity index (χ2n) is 5.69. The molecule has 0 spiro atoms. The molecule has 0 radical (unpaired) electrons. The maximum atomic E-state index is 10.5. The molecule has 5 heteroatoms. The van der Waals surface area contributed by atoms with Crippen LogP contribution in [0.5, 0.6) is 0 Å². The van der Waals surface area contributed by atoms with Gasteiger partial charge in [-0.2, -0.15) is 0 Å². The van der Waals surface area contributed by atoms with E-state index in [1.807, 2.05) is 0 Å². The Labute approximate surface area is 105 Å². The van der Waals surface area contributed by atoms with Crippen LogP contribution in [0.2, 0.25) is 18.1 Å². The molecule has 0 aliphatic heterocycles. The normalized spacial score (nSPS) is 15.2. The number of carboxylic acids is 1. The number of rotatable bonds is 6. The lowest BCUT2D eigenvalue weighted by molar-refractivity contribution is -0.137. The highest BCUT2D eigenvalue weighted by Gasteiger charge is 2.36. The molecule has 4 nitrogen and oxygen atoms in total. The second-order valence-corrected chi connectivity index (χ2v) is 10.5. The van der Waals surface area contributed by atoms with Crippen LogP contribution < -0.4 is 5.73 Å². The van der Waals surface area contributed by atoms with Crippen LogP contribution >= 0.6 is 0 Å². The number of carbonyl (C=O) groups is 1. The van der Waals surface area contributed by atoms with Gasteiger partial charge in [0.05, 0.1) is 0 Å². The molecule has 17 heavy (non-hydrogen) atoms. The minimum atomic E-state index is -1.69. The van der Waals surface area contributed by atoms with Crippen molar-refractivity contribution in [2.24, 2.45) is 5.73 Å². The van der Waals surface area contributed by atoms with Gasteiger partial charge in [0, 0.05) is 6.61 Å². The van der Waals surface area contributed by atoms with E-state index in [4.69, 9.17) is 15.3 Å². The highest BCUT2D eigenvalue weighted by Crippen LogP contribution is 2.36. The van der Waals surface area contributed by atoms with Crippen molar-refractivity contribution < 1.29 is 14.3 Å². The summed E-state index contributed by atoms with van der Waals surface area (Å²) < 4.78 is 5.94. The number of aliphatic carboxylic acids is 1. The van der Waals surface area contributed by atoms with Gasteiger partial charge >= 0.3 is 5.97 Å². The van der Waals surface area contributed by atoms with Gasteiger partial charge in [-0.15, -0.1) is 0 Å². The van der Waals surface area contributed by atoms with Crippen molar-refractivity contribution in [3.05, 3.63) is 12.2 Å². The standard InChI is InChI=1S/C12H25NO3Si/c1-12(2,3)17(4,5)16-9-7-6-8-10(13)11(14)15/h6,8,10H,7,9,13H2,1-5H3,(H,14,15)/b8-6+. The topological polar surface area (TPSA) is 72.5 Å². The van der Waals surface area contributed by atoms with Crippen molar-refractivity contribution in [2.45, 2.75) is 51.4 Å². The fourth-order valence-corrected chi connectivity index (χ4v) is 1.98. The first-order valence-electron chi connectivity index (χ1n) is 5.87. The summed E-state index contributed by atoms with van der Waals surface area (Å²) >= 11 is 0. The van der Waals surface area contributed by atoms with Crippen molar-refractivity contribution in [1.29, 1.82) is 0 Å². The molecule has 100 valence electrons. The molecule has 0 aromatic carbocycles. The van der Waals surface area contributed by atoms with Crippen LogP contribution in [0.1, 0.15) is 27.2 Å². The molecule has 0 saturated heterocycles. The van der Waals surface area contributed by atoms with E-state index in [1.165, 1.54) is 6.08 Å². The van der Waals surface area contributed by atoms with Gasteiger partial charge in [0.15, 0.2) is 8.32 Å². The Morgan fingerprint density at radius 3 is 2.41 bits per heavy atom. The molecule has 3 N–H and O–H groups in total. The summed E-state index contributed by atoms with van der Waals surface area (Å²) in [6, 6.07) is -0.914. The zero-order chi connectivity index (χ0) is 13.7. The molecule has 0 rings (SSSR count). The Kier molecular flexibility index (Phi) is 6.08. The van der Waals surface area contributed by atoms with Crippen LogP contribution in [0.15, 0.2) is 12.2 Å². The quantitative estimate of drug-likeness (QED) is 0.436. The van der Waals surface area contributed by atoms with Gasteiger partial charge in [0.25, 0.3) is 0 Å². The Bertz CT molecular complexity index is 282. The van der Waals surface area contributed by atoms with Crippen molar-refractivity contribution in [3.63, 3.8) is 0 Å².